The van der Waals surface area contributed by atoms with E-state index in [1.807, 2.05) is 0 Å². The monoisotopic (exact) mass is 294 g/mol. The zero-order valence-electron chi connectivity index (χ0n) is 12.5. The third kappa shape index (κ3) is 3.82. The molecule has 0 unspecified atom stereocenters. The van der Waals surface area contributed by atoms with E-state index in [9.17, 15) is 9.59 Å². The average Bonchev–Trinajstić information content (AvgIpc) is 2.50. The van der Waals surface area contributed by atoms with Crippen molar-refractivity contribution >= 4 is 11.9 Å². The van der Waals surface area contributed by atoms with Crippen molar-refractivity contribution in [2.45, 2.75) is 32.1 Å². The summed E-state index contributed by atoms with van der Waals surface area (Å²) in [5, 5.41) is 9.10. The van der Waals surface area contributed by atoms with Crippen molar-refractivity contribution in [3.8, 4) is 0 Å². The normalized spacial score (nSPS) is 11.0. The number of esters is 2. The minimum Gasteiger partial charge on any atom is -0.465 e. The van der Waals surface area contributed by atoms with E-state index >= 15 is 0 Å². The van der Waals surface area contributed by atoms with Crippen molar-refractivity contribution in [1.82, 2.24) is 0 Å². The van der Waals surface area contributed by atoms with Crippen LogP contribution in [0.2, 0.25) is 0 Å². The Labute approximate surface area is 124 Å². The van der Waals surface area contributed by atoms with E-state index in [1.54, 1.807) is 44.2 Å². The van der Waals surface area contributed by atoms with Crippen LogP contribution in [-0.2, 0) is 24.5 Å². The predicted molar refractivity (Wildman–Crippen MR) is 77.7 cm³/mol. The zero-order valence-corrected chi connectivity index (χ0v) is 12.5. The summed E-state index contributed by atoms with van der Waals surface area (Å²) in [6.45, 7) is 3.60. The van der Waals surface area contributed by atoms with Crippen LogP contribution >= 0.6 is 0 Å². The second kappa shape index (κ2) is 8.42. The number of aliphatic hydroxyl groups excluding tert-OH is 1. The molecule has 1 rings (SSSR count). The van der Waals surface area contributed by atoms with E-state index in [2.05, 4.69) is 0 Å². The van der Waals surface area contributed by atoms with E-state index in [4.69, 9.17) is 14.6 Å². The summed E-state index contributed by atoms with van der Waals surface area (Å²) >= 11 is 0. The third-order valence-electron chi connectivity index (χ3n) is 3.22. The number of carbonyl (C=O) groups is 2. The molecule has 5 nitrogen and oxygen atoms in total. The highest BCUT2D eigenvalue weighted by Gasteiger charge is 2.49. The Hall–Kier alpha value is -1.88. The third-order valence-corrected chi connectivity index (χ3v) is 3.22. The summed E-state index contributed by atoms with van der Waals surface area (Å²) in [6.07, 6.45) is 0.442. The maximum absolute atomic E-state index is 12.5. The number of carbonyl (C=O) groups excluding carboxylic acids is 2. The summed E-state index contributed by atoms with van der Waals surface area (Å²) in [5.41, 5.74) is -0.994. The van der Waals surface area contributed by atoms with Crippen molar-refractivity contribution in [2.75, 3.05) is 19.8 Å². The van der Waals surface area contributed by atoms with Gasteiger partial charge in [-0.25, -0.2) is 0 Å². The number of aliphatic hydroxyl groups is 1. The second-order valence-electron chi connectivity index (χ2n) is 4.54. The average molecular weight is 294 g/mol. The lowest BCUT2D eigenvalue weighted by Crippen LogP contribution is -2.46. The highest BCUT2D eigenvalue weighted by Crippen LogP contribution is 2.33. The Balaban J connectivity index is 3.32. The van der Waals surface area contributed by atoms with E-state index in [-0.39, 0.29) is 26.2 Å². The fraction of sp³-hybridized carbons (Fsp3) is 0.500. The first kappa shape index (κ1) is 17.2. The first-order chi connectivity index (χ1) is 10.1. The molecule has 0 radical (unpaired) electrons. The van der Waals surface area contributed by atoms with E-state index in [0.29, 0.717) is 12.0 Å². The van der Waals surface area contributed by atoms with Gasteiger partial charge in [-0.1, -0.05) is 30.3 Å². The van der Waals surface area contributed by atoms with Crippen LogP contribution in [-0.4, -0.2) is 36.9 Å². The molecule has 1 aromatic rings. The molecule has 0 amide bonds. The molecule has 116 valence electrons. The second-order valence-corrected chi connectivity index (χ2v) is 4.54. The predicted octanol–water partition coefficient (Wildman–Crippen LogP) is 1.82. The fourth-order valence-electron chi connectivity index (χ4n) is 2.24. The topological polar surface area (TPSA) is 72.8 Å². The van der Waals surface area contributed by atoms with Gasteiger partial charge in [0, 0.05) is 6.61 Å². The molecule has 1 aromatic carbocycles. The van der Waals surface area contributed by atoms with Gasteiger partial charge >= 0.3 is 11.9 Å². The minimum atomic E-state index is -1.52. The molecule has 0 aliphatic heterocycles. The highest BCUT2D eigenvalue weighted by molar-refractivity contribution is 6.06. The fourth-order valence-corrected chi connectivity index (χ4v) is 2.24. The molecular weight excluding hydrogens is 272 g/mol. The summed E-state index contributed by atoms with van der Waals surface area (Å²) in [7, 11) is 0. The van der Waals surface area contributed by atoms with Gasteiger partial charge in [0.25, 0.3) is 0 Å². The highest BCUT2D eigenvalue weighted by atomic mass is 16.6. The summed E-state index contributed by atoms with van der Waals surface area (Å²) < 4.78 is 10.2. The molecular formula is C16H22O5. The Morgan fingerprint density at radius 3 is 2.00 bits per heavy atom. The molecule has 0 aromatic heterocycles. The lowest BCUT2D eigenvalue weighted by atomic mass is 9.76. The van der Waals surface area contributed by atoms with Crippen molar-refractivity contribution in [3.63, 3.8) is 0 Å². The molecule has 0 aliphatic carbocycles. The molecule has 5 heteroatoms. The Morgan fingerprint density at radius 1 is 1.05 bits per heavy atom. The molecule has 21 heavy (non-hydrogen) atoms. The van der Waals surface area contributed by atoms with Crippen LogP contribution < -0.4 is 0 Å². The lowest BCUT2D eigenvalue weighted by Gasteiger charge is -2.29. The number of ether oxygens (including phenoxy) is 2. The zero-order chi connectivity index (χ0) is 15.7. The molecule has 0 atom stereocenters. The van der Waals surface area contributed by atoms with Crippen molar-refractivity contribution in [1.29, 1.82) is 0 Å². The molecule has 0 bridgehead atoms. The van der Waals surface area contributed by atoms with Crippen LogP contribution in [0.5, 0.6) is 0 Å². The van der Waals surface area contributed by atoms with Crippen LogP contribution in [0.15, 0.2) is 30.3 Å². The smallest absolute Gasteiger partial charge is 0.328 e. The number of hydrogen-bond acceptors (Lipinski definition) is 5. The quantitative estimate of drug-likeness (QED) is 0.585. The van der Waals surface area contributed by atoms with Gasteiger partial charge in [-0.05, 0) is 32.3 Å². The maximum Gasteiger partial charge on any atom is 0.328 e. The minimum absolute atomic E-state index is 0.118. The molecule has 1 N–H and O–H groups in total. The summed E-state index contributed by atoms with van der Waals surface area (Å²) in [5.74, 6) is -1.27. The van der Waals surface area contributed by atoms with Crippen LogP contribution in [0, 0.1) is 0 Å². The molecule has 0 heterocycles. The van der Waals surface area contributed by atoms with Gasteiger partial charge in [0.15, 0.2) is 5.41 Å². The Morgan fingerprint density at radius 2 is 1.57 bits per heavy atom. The first-order valence-electron chi connectivity index (χ1n) is 7.14. The van der Waals surface area contributed by atoms with Gasteiger partial charge in [-0.3, -0.25) is 9.59 Å². The van der Waals surface area contributed by atoms with Gasteiger partial charge in [0.05, 0.1) is 13.2 Å². The van der Waals surface area contributed by atoms with Crippen LogP contribution in [0.1, 0.15) is 32.3 Å². The lowest BCUT2D eigenvalue weighted by molar-refractivity contribution is -0.165. The Kier molecular flexibility index (Phi) is 6.88. The van der Waals surface area contributed by atoms with Crippen LogP contribution in [0.4, 0.5) is 0 Å². The van der Waals surface area contributed by atoms with Gasteiger partial charge in [-0.2, -0.15) is 0 Å². The molecule has 0 saturated heterocycles. The maximum atomic E-state index is 12.5. The molecule has 0 saturated carbocycles. The van der Waals surface area contributed by atoms with Crippen LogP contribution in [0.3, 0.4) is 0 Å². The van der Waals surface area contributed by atoms with Gasteiger partial charge < -0.3 is 14.6 Å². The Bertz CT molecular complexity index is 437. The number of benzene rings is 1. The number of rotatable bonds is 8. The van der Waals surface area contributed by atoms with Gasteiger partial charge in [0.2, 0.25) is 0 Å². The standard InChI is InChI=1S/C16H22O5/c1-3-20-14(18)16(11-8-12-17,15(19)21-4-2)13-9-6-5-7-10-13/h5-7,9-10,17H,3-4,8,11-12H2,1-2H3. The van der Waals surface area contributed by atoms with Gasteiger partial charge in [0.1, 0.15) is 0 Å². The molecule has 0 aliphatic rings. The van der Waals surface area contributed by atoms with E-state index < -0.39 is 17.4 Å². The van der Waals surface area contributed by atoms with Crippen molar-refractivity contribution in [2.24, 2.45) is 0 Å². The van der Waals surface area contributed by atoms with E-state index in [0.717, 1.165) is 0 Å². The molecule has 0 spiro atoms. The van der Waals surface area contributed by atoms with Gasteiger partial charge in [-0.15, -0.1) is 0 Å². The van der Waals surface area contributed by atoms with E-state index in [1.165, 1.54) is 0 Å². The molecule has 0 fully saturated rings. The summed E-state index contributed by atoms with van der Waals surface area (Å²) in [6, 6.07) is 8.70. The first-order valence-corrected chi connectivity index (χ1v) is 7.14. The summed E-state index contributed by atoms with van der Waals surface area (Å²) in [4.78, 5) is 25.0. The van der Waals surface area contributed by atoms with Crippen molar-refractivity contribution < 1.29 is 24.2 Å². The SMILES string of the molecule is CCOC(=O)C(CCCO)(C(=O)OCC)c1ccccc1. The largest absolute Gasteiger partial charge is 0.465 e. The van der Waals surface area contributed by atoms with Crippen molar-refractivity contribution in [3.05, 3.63) is 35.9 Å². The number of hydrogen-bond donors (Lipinski definition) is 1. The van der Waals surface area contributed by atoms with Crippen LogP contribution in [0.25, 0.3) is 0 Å².